The molecule has 0 bridgehead atoms. The van der Waals surface area contributed by atoms with Crippen LogP contribution in [0.4, 0.5) is 5.69 Å². The molecule has 0 fully saturated rings. The van der Waals surface area contributed by atoms with E-state index in [0.29, 0.717) is 27.6 Å². The number of amides is 1. The van der Waals surface area contributed by atoms with Crippen molar-refractivity contribution in [1.29, 1.82) is 5.26 Å². The number of aryl methyl sites for hydroxylation is 2. The van der Waals surface area contributed by atoms with Gasteiger partial charge in [0.15, 0.2) is 0 Å². The zero-order valence-corrected chi connectivity index (χ0v) is 17.7. The van der Waals surface area contributed by atoms with Crippen LogP contribution < -0.4 is 10.1 Å². The maximum atomic E-state index is 12.5. The van der Waals surface area contributed by atoms with E-state index >= 15 is 0 Å². The van der Waals surface area contributed by atoms with E-state index in [-0.39, 0.29) is 5.57 Å². The molecule has 3 aromatic rings. The first-order valence-electron chi connectivity index (χ1n) is 9.44. The molecule has 31 heavy (non-hydrogen) atoms. The predicted octanol–water partition coefficient (Wildman–Crippen LogP) is 5.72. The monoisotopic (exact) mass is 430 g/mol. The van der Waals surface area contributed by atoms with E-state index in [1.54, 1.807) is 48.5 Å². The molecule has 154 valence electrons. The van der Waals surface area contributed by atoms with Gasteiger partial charge in [0, 0.05) is 0 Å². The number of halogens is 1. The molecule has 0 unspecified atom stereocenters. The number of hydrogen-bond donors (Lipinski definition) is 1. The lowest BCUT2D eigenvalue weighted by molar-refractivity contribution is -0.112. The first-order valence-corrected chi connectivity index (χ1v) is 9.82. The van der Waals surface area contributed by atoms with Gasteiger partial charge in [-0.15, -0.1) is 0 Å². The molecule has 5 nitrogen and oxygen atoms in total. The summed E-state index contributed by atoms with van der Waals surface area (Å²) in [4.78, 5) is 24.7. The SMILES string of the molecule is Cc1ccc(C(=O)Oc2ccc(/C=C(\C#N)C(=O)Nc3c(C)cccc3Cl)cc2)cc1. The summed E-state index contributed by atoms with van der Waals surface area (Å²) < 4.78 is 5.36. The van der Waals surface area contributed by atoms with Crippen LogP contribution in [0.15, 0.2) is 72.3 Å². The van der Waals surface area contributed by atoms with Gasteiger partial charge in [-0.25, -0.2) is 4.79 Å². The van der Waals surface area contributed by atoms with Gasteiger partial charge in [-0.2, -0.15) is 5.26 Å². The summed E-state index contributed by atoms with van der Waals surface area (Å²) in [5.41, 5.74) is 3.29. The second kappa shape index (κ2) is 9.75. The van der Waals surface area contributed by atoms with Crippen molar-refractivity contribution in [2.45, 2.75) is 13.8 Å². The fourth-order valence-electron chi connectivity index (χ4n) is 2.77. The number of anilines is 1. The second-order valence-corrected chi connectivity index (χ2v) is 7.29. The Morgan fingerprint density at radius 2 is 1.68 bits per heavy atom. The smallest absolute Gasteiger partial charge is 0.343 e. The van der Waals surface area contributed by atoms with E-state index in [9.17, 15) is 14.9 Å². The number of benzene rings is 3. The Bertz CT molecular complexity index is 1170. The first-order chi connectivity index (χ1) is 14.9. The lowest BCUT2D eigenvalue weighted by Crippen LogP contribution is -2.14. The van der Waals surface area contributed by atoms with Crippen molar-refractivity contribution in [2.24, 2.45) is 0 Å². The van der Waals surface area contributed by atoms with Crippen LogP contribution in [0.1, 0.15) is 27.0 Å². The molecular formula is C25H19ClN2O3. The number of esters is 1. The van der Waals surface area contributed by atoms with Crippen molar-refractivity contribution in [3.63, 3.8) is 0 Å². The highest BCUT2D eigenvalue weighted by molar-refractivity contribution is 6.34. The minimum Gasteiger partial charge on any atom is -0.423 e. The molecule has 3 rings (SSSR count). The molecular weight excluding hydrogens is 412 g/mol. The maximum Gasteiger partial charge on any atom is 0.343 e. The number of carbonyl (C=O) groups excluding carboxylic acids is 2. The lowest BCUT2D eigenvalue weighted by atomic mass is 10.1. The summed E-state index contributed by atoms with van der Waals surface area (Å²) in [5.74, 6) is -0.665. The van der Waals surface area contributed by atoms with Crippen molar-refractivity contribution < 1.29 is 14.3 Å². The average Bonchev–Trinajstić information content (AvgIpc) is 2.76. The molecule has 0 saturated carbocycles. The molecule has 1 N–H and O–H groups in total. The van der Waals surface area contributed by atoms with Gasteiger partial charge in [-0.05, 0) is 61.4 Å². The third kappa shape index (κ3) is 5.59. The molecule has 3 aromatic carbocycles. The summed E-state index contributed by atoms with van der Waals surface area (Å²) in [6, 6.07) is 20.7. The molecule has 0 spiro atoms. The standard InChI is InChI=1S/C25H19ClN2O3/c1-16-6-10-19(11-7-16)25(30)31-21-12-8-18(9-13-21)14-20(15-27)24(29)28-23-17(2)4-3-5-22(23)26/h3-14H,1-2H3,(H,28,29)/b20-14+. The summed E-state index contributed by atoms with van der Waals surface area (Å²) >= 11 is 6.13. The topological polar surface area (TPSA) is 79.2 Å². The summed E-state index contributed by atoms with van der Waals surface area (Å²) in [6.45, 7) is 3.75. The molecule has 0 saturated heterocycles. The molecule has 0 aliphatic rings. The van der Waals surface area contributed by atoms with Gasteiger partial charge < -0.3 is 10.1 Å². The van der Waals surface area contributed by atoms with E-state index < -0.39 is 11.9 Å². The minimum absolute atomic E-state index is 0.0799. The Morgan fingerprint density at radius 1 is 1.00 bits per heavy atom. The number of rotatable bonds is 5. The van der Waals surface area contributed by atoms with Gasteiger partial charge in [-0.3, -0.25) is 4.79 Å². The number of nitrogens with zero attached hydrogens (tertiary/aromatic N) is 1. The van der Waals surface area contributed by atoms with Gasteiger partial charge in [0.1, 0.15) is 17.4 Å². The highest BCUT2D eigenvalue weighted by atomic mass is 35.5. The highest BCUT2D eigenvalue weighted by Gasteiger charge is 2.13. The zero-order chi connectivity index (χ0) is 22.4. The van der Waals surface area contributed by atoms with Gasteiger partial charge in [-0.1, -0.05) is 53.6 Å². The molecule has 0 aliphatic carbocycles. The Morgan fingerprint density at radius 3 is 2.29 bits per heavy atom. The Labute approximate surface area is 185 Å². The van der Waals surface area contributed by atoms with Gasteiger partial charge in [0.2, 0.25) is 0 Å². The van der Waals surface area contributed by atoms with E-state index in [1.165, 1.54) is 6.08 Å². The Hall–Kier alpha value is -3.88. The third-order valence-corrected chi connectivity index (χ3v) is 4.83. The van der Waals surface area contributed by atoms with E-state index in [0.717, 1.165) is 11.1 Å². The van der Waals surface area contributed by atoms with Crippen LogP contribution in [0.25, 0.3) is 6.08 Å². The minimum atomic E-state index is -0.562. The van der Waals surface area contributed by atoms with Crippen LogP contribution in [0.5, 0.6) is 5.75 Å². The van der Waals surface area contributed by atoms with Crippen molar-refractivity contribution in [1.82, 2.24) is 0 Å². The fraction of sp³-hybridized carbons (Fsp3) is 0.0800. The number of carbonyl (C=O) groups is 2. The molecule has 1 amide bonds. The Balaban J connectivity index is 1.71. The van der Waals surface area contributed by atoms with Gasteiger partial charge in [0.05, 0.1) is 16.3 Å². The van der Waals surface area contributed by atoms with Gasteiger partial charge >= 0.3 is 5.97 Å². The van der Waals surface area contributed by atoms with Crippen LogP contribution in [0, 0.1) is 25.2 Å². The van der Waals surface area contributed by atoms with E-state index in [1.807, 2.05) is 38.1 Å². The summed E-state index contributed by atoms with van der Waals surface area (Å²) in [5, 5.41) is 12.5. The van der Waals surface area contributed by atoms with Crippen LogP contribution in [-0.2, 0) is 4.79 Å². The molecule has 0 heterocycles. The van der Waals surface area contributed by atoms with Crippen molar-refractivity contribution >= 4 is 35.2 Å². The number of para-hydroxylation sites is 1. The number of nitrogens with one attached hydrogen (secondary N) is 1. The van der Waals surface area contributed by atoms with Crippen molar-refractivity contribution in [2.75, 3.05) is 5.32 Å². The zero-order valence-electron chi connectivity index (χ0n) is 17.0. The van der Waals surface area contributed by atoms with Crippen LogP contribution in [0.3, 0.4) is 0 Å². The quantitative estimate of drug-likeness (QED) is 0.243. The summed E-state index contributed by atoms with van der Waals surface area (Å²) in [7, 11) is 0. The largest absolute Gasteiger partial charge is 0.423 e. The van der Waals surface area contributed by atoms with E-state index in [4.69, 9.17) is 16.3 Å². The van der Waals surface area contributed by atoms with Crippen molar-refractivity contribution in [3.05, 3.63) is 99.6 Å². The third-order valence-electron chi connectivity index (χ3n) is 4.51. The molecule has 0 aromatic heterocycles. The lowest BCUT2D eigenvalue weighted by Gasteiger charge is -2.09. The normalized spacial score (nSPS) is 10.8. The number of nitriles is 1. The Kier molecular flexibility index (Phi) is 6.86. The molecule has 0 atom stereocenters. The predicted molar refractivity (Wildman–Crippen MR) is 121 cm³/mol. The summed E-state index contributed by atoms with van der Waals surface area (Å²) in [6.07, 6.45) is 1.45. The van der Waals surface area contributed by atoms with Crippen LogP contribution >= 0.6 is 11.6 Å². The van der Waals surface area contributed by atoms with Crippen LogP contribution in [-0.4, -0.2) is 11.9 Å². The number of hydrogen-bond acceptors (Lipinski definition) is 4. The first kappa shape index (κ1) is 21.8. The van der Waals surface area contributed by atoms with Crippen LogP contribution in [0.2, 0.25) is 5.02 Å². The molecule has 6 heteroatoms. The average molecular weight is 431 g/mol. The number of ether oxygens (including phenoxy) is 1. The fourth-order valence-corrected chi connectivity index (χ4v) is 3.04. The van der Waals surface area contributed by atoms with E-state index in [2.05, 4.69) is 5.32 Å². The molecule has 0 radical (unpaired) electrons. The molecule has 0 aliphatic heterocycles. The van der Waals surface area contributed by atoms with Gasteiger partial charge in [0.25, 0.3) is 5.91 Å². The van der Waals surface area contributed by atoms with Crippen molar-refractivity contribution in [3.8, 4) is 11.8 Å². The maximum absolute atomic E-state index is 12.5. The highest BCUT2D eigenvalue weighted by Crippen LogP contribution is 2.26. The second-order valence-electron chi connectivity index (χ2n) is 6.88.